The Morgan fingerprint density at radius 2 is 2.00 bits per heavy atom. The minimum Gasteiger partial charge on any atom is -0.487 e. The van der Waals surface area contributed by atoms with Crippen molar-refractivity contribution in [3.8, 4) is 5.75 Å². The zero-order valence-electron chi connectivity index (χ0n) is 15.7. The van der Waals surface area contributed by atoms with Crippen molar-refractivity contribution >= 4 is 5.57 Å². The lowest BCUT2D eigenvalue weighted by molar-refractivity contribution is 0.302. The molecule has 4 rings (SSSR count). The van der Waals surface area contributed by atoms with Crippen molar-refractivity contribution in [1.82, 2.24) is 15.1 Å². The van der Waals surface area contributed by atoms with E-state index in [-0.39, 0.29) is 5.56 Å². The Hall–Kier alpha value is -3.18. The summed E-state index contributed by atoms with van der Waals surface area (Å²) in [5.74, 6) is 0.469. The second-order valence-electron chi connectivity index (χ2n) is 6.98. The molecule has 1 N–H and O–H groups in total. The number of rotatable bonds is 6. The van der Waals surface area contributed by atoms with Crippen molar-refractivity contribution in [2.45, 2.75) is 26.1 Å². The SMILES string of the molecule is C=C(Cn1ncc(OCc2ccccc2)cc1=O)c1ccc2c(c1)CCNC2. The van der Waals surface area contributed by atoms with Crippen LogP contribution < -0.4 is 15.6 Å². The van der Waals surface area contributed by atoms with E-state index >= 15 is 0 Å². The van der Waals surface area contributed by atoms with E-state index in [1.165, 1.54) is 21.9 Å². The maximum atomic E-state index is 12.4. The first-order valence-corrected chi connectivity index (χ1v) is 9.43. The first kappa shape index (κ1) is 18.2. The van der Waals surface area contributed by atoms with E-state index in [0.29, 0.717) is 18.9 Å². The fraction of sp³-hybridized carbons (Fsp3) is 0.217. The van der Waals surface area contributed by atoms with Gasteiger partial charge in [0.2, 0.25) is 0 Å². The van der Waals surface area contributed by atoms with Crippen molar-refractivity contribution in [2.75, 3.05) is 6.54 Å². The summed E-state index contributed by atoms with van der Waals surface area (Å²) in [5, 5.41) is 7.62. The molecule has 0 fully saturated rings. The molecule has 0 radical (unpaired) electrons. The van der Waals surface area contributed by atoms with Gasteiger partial charge in [-0.25, -0.2) is 4.68 Å². The van der Waals surface area contributed by atoms with Crippen molar-refractivity contribution in [1.29, 1.82) is 0 Å². The summed E-state index contributed by atoms with van der Waals surface area (Å²) < 4.78 is 7.09. The van der Waals surface area contributed by atoms with Crippen LogP contribution in [0.5, 0.6) is 5.75 Å². The lowest BCUT2D eigenvalue weighted by Crippen LogP contribution is -2.24. The van der Waals surface area contributed by atoms with Crippen LogP contribution in [-0.2, 0) is 26.1 Å². The van der Waals surface area contributed by atoms with Crippen LogP contribution in [0.3, 0.4) is 0 Å². The Morgan fingerprint density at radius 1 is 1.14 bits per heavy atom. The maximum Gasteiger partial charge on any atom is 0.270 e. The Kier molecular flexibility index (Phi) is 5.35. The highest BCUT2D eigenvalue weighted by Crippen LogP contribution is 2.21. The van der Waals surface area contributed by atoms with E-state index in [1.807, 2.05) is 30.3 Å². The smallest absolute Gasteiger partial charge is 0.270 e. The molecule has 1 aliphatic rings. The van der Waals surface area contributed by atoms with Crippen molar-refractivity contribution in [2.24, 2.45) is 0 Å². The third kappa shape index (κ3) is 4.21. The Labute approximate surface area is 164 Å². The fourth-order valence-corrected chi connectivity index (χ4v) is 3.32. The van der Waals surface area contributed by atoms with Gasteiger partial charge in [-0.3, -0.25) is 4.79 Å². The van der Waals surface area contributed by atoms with Crippen LogP contribution in [0.25, 0.3) is 5.57 Å². The highest BCUT2D eigenvalue weighted by molar-refractivity contribution is 5.64. The predicted octanol–water partition coefficient (Wildman–Crippen LogP) is 3.18. The second-order valence-corrected chi connectivity index (χ2v) is 6.98. The topological polar surface area (TPSA) is 56.2 Å². The number of allylic oxidation sites excluding steroid dienone is 1. The average molecular weight is 373 g/mol. The van der Waals surface area contributed by atoms with E-state index in [2.05, 4.69) is 35.2 Å². The van der Waals surface area contributed by atoms with Crippen molar-refractivity contribution in [3.63, 3.8) is 0 Å². The summed E-state index contributed by atoms with van der Waals surface area (Å²) in [6, 6.07) is 17.7. The Bertz CT molecular complexity index is 1040. The van der Waals surface area contributed by atoms with Crippen LogP contribution in [0.2, 0.25) is 0 Å². The van der Waals surface area contributed by atoms with E-state index < -0.39 is 0 Å². The number of benzene rings is 2. The molecule has 142 valence electrons. The van der Waals surface area contributed by atoms with Gasteiger partial charge in [-0.2, -0.15) is 5.10 Å². The number of nitrogens with zero attached hydrogens (tertiary/aromatic N) is 2. The molecule has 2 heterocycles. The predicted molar refractivity (Wildman–Crippen MR) is 110 cm³/mol. The molecule has 1 aromatic heterocycles. The van der Waals surface area contributed by atoms with Crippen LogP contribution in [-0.4, -0.2) is 16.3 Å². The molecule has 0 unspecified atom stereocenters. The minimum atomic E-state index is -0.200. The lowest BCUT2D eigenvalue weighted by atomic mass is 9.96. The summed E-state index contributed by atoms with van der Waals surface area (Å²) in [6.45, 7) is 6.83. The quantitative estimate of drug-likeness (QED) is 0.721. The molecule has 0 saturated heterocycles. The fourth-order valence-electron chi connectivity index (χ4n) is 3.32. The molecule has 0 aliphatic carbocycles. The highest BCUT2D eigenvalue weighted by atomic mass is 16.5. The van der Waals surface area contributed by atoms with Gasteiger partial charge in [-0.1, -0.05) is 55.1 Å². The molecule has 0 amide bonds. The summed E-state index contributed by atoms with van der Waals surface area (Å²) >= 11 is 0. The number of hydrogen-bond acceptors (Lipinski definition) is 4. The molecule has 0 atom stereocenters. The normalized spacial score (nSPS) is 13.0. The zero-order valence-corrected chi connectivity index (χ0v) is 15.7. The van der Waals surface area contributed by atoms with Crippen LogP contribution in [0, 0.1) is 0 Å². The average Bonchev–Trinajstić information content (AvgIpc) is 2.74. The Morgan fingerprint density at radius 3 is 2.82 bits per heavy atom. The van der Waals surface area contributed by atoms with Gasteiger partial charge < -0.3 is 10.1 Å². The summed E-state index contributed by atoms with van der Waals surface area (Å²) in [5.41, 5.74) is 5.45. The van der Waals surface area contributed by atoms with Crippen molar-refractivity contribution < 1.29 is 4.74 Å². The molecule has 1 aliphatic heterocycles. The van der Waals surface area contributed by atoms with E-state index in [1.54, 1.807) is 6.20 Å². The van der Waals surface area contributed by atoms with Gasteiger partial charge in [-0.15, -0.1) is 0 Å². The van der Waals surface area contributed by atoms with Crippen LogP contribution in [0.15, 0.2) is 72.2 Å². The molecule has 0 saturated carbocycles. The molecule has 2 aromatic carbocycles. The van der Waals surface area contributed by atoms with Gasteiger partial charge in [0, 0.05) is 12.6 Å². The molecule has 28 heavy (non-hydrogen) atoms. The van der Waals surface area contributed by atoms with Crippen molar-refractivity contribution in [3.05, 3.63) is 100.0 Å². The number of fused-ring (bicyclic) bond motifs is 1. The van der Waals surface area contributed by atoms with Crippen LogP contribution in [0.1, 0.15) is 22.3 Å². The van der Waals surface area contributed by atoms with Crippen LogP contribution >= 0.6 is 0 Å². The molecule has 5 heteroatoms. The first-order chi connectivity index (χ1) is 13.7. The molecular weight excluding hydrogens is 350 g/mol. The van der Waals surface area contributed by atoms with Gasteiger partial charge in [0.05, 0.1) is 12.7 Å². The summed E-state index contributed by atoms with van der Waals surface area (Å²) in [7, 11) is 0. The standard InChI is InChI=1S/C23H23N3O2/c1-17(19-7-8-21-13-24-10-9-20(21)11-19)15-26-23(27)12-22(14-25-26)28-16-18-5-3-2-4-6-18/h2-8,11-12,14,24H,1,9-10,13,15-16H2. The first-order valence-electron chi connectivity index (χ1n) is 9.43. The largest absolute Gasteiger partial charge is 0.487 e. The van der Waals surface area contributed by atoms with E-state index in [9.17, 15) is 4.79 Å². The maximum absolute atomic E-state index is 12.4. The summed E-state index contributed by atoms with van der Waals surface area (Å²) in [4.78, 5) is 12.4. The zero-order chi connectivity index (χ0) is 19.3. The van der Waals surface area contributed by atoms with Gasteiger partial charge >= 0.3 is 0 Å². The third-order valence-electron chi connectivity index (χ3n) is 4.93. The molecule has 3 aromatic rings. The summed E-state index contributed by atoms with van der Waals surface area (Å²) in [6.07, 6.45) is 2.60. The second kappa shape index (κ2) is 8.23. The van der Waals surface area contributed by atoms with Gasteiger partial charge in [0.15, 0.2) is 0 Å². The monoisotopic (exact) mass is 373 g/mol. The third-order valence-corrected chi connectivity index (χ3v) is 4.93. The lowest BCUT2D eigenvalue weighted by Gasteiger charge is -2.18. The number of hydrogen-bond donors (Lipinski definition) is 1. The molecular formula is C23H23N3O2. The van der Waals surface area contributed by atoms with Gasteiger partial charge in [-0.05, 0) is 40.8 Å². The van der Waals surface area contributed by atoms with Gasteiger partial charge in [0.1, 0.15) is 12.4 Å². The minimum absolute atomic E-state index is 0.200. The molecule has 0 bridgehead atoms. The highest BCUT2D eigenvalue weighted by Gasteiger charge is 2.11. The van der Waals surface area contributed by atoms with E-state index in [0.717, 1.165) is 36.2 Å². The number of ether oxygens (including phenoxy) is 1. The van der Waals surface area contributed by atoms with E-state index in [4.69, 9.17) is 4.74 Å². The van der Waals surface area contributed by atoms with Gasteiger partial charge in [0.25, 0.3) is 5.56 Å². The number of aromatic nitrogens is 2. The van der Waals surface area contributed by atoms with Crippen LogP contribution in [0.4, 0.5) is 0 Å². The molecule has 5 nitrogen and oxygen atoms in total. The Balaban J connectivity index is 1.43. The number of nitrogens with one attached hydrogen (secondary N) is 1. The molecule has 0 spiro atoms.